The maximum atomic E-state index is 16.4. The maximum absolute atomic E-state index is 16.4. The molecule has 486 valence electrons. The smallest absolute Gasteiger partial charge is 0.147 e. The number of phenolic OH excluding ortho intramolecular Hbond substituents is 2. The Balaban J connectivity index is 1.12. The van der Waals surface area contributed by atoms with Gasteiger partial charge in [0.1, 0.15) is 47.8 Å². The summed E-state index contributed by atoms with van der Waals surface area (Å²) in [6, 6.07) is 40.2. The molecule has 92 heavy (non-hydrogen) atoms. The van der Waals surface area contributed by atoms with Gasteiger partial charge in [0.05, 0.1) is 38.5 Å². The van der Waals surface area contributed by atoms with Crippen LogP contribution in [0, 0.1) is 29.4 Å². The molecule has 8 aromatic carbocycles. The SMILES string of the molecule is Cc1cc(F)cc(-c2cc(C(C)(C)CC(C)(C)C)cc(-n3c4cc(C(C)(C)C)ccc4c4ccc(C(C)(C)C)cc43)c2O)c1OCCOc1c(Cl)cc(F)cc1-c1cc(C(C)(C)CC(C)(C)C)cc(-n2c3cc(C(C)(C)C)ccc3c3ccc(C(C)(C)C)cc32)c1O. The van der Waals surface area contributed by atoms with E-state index in [4.69, 9.17) is 21.1 Å². The number of hydrogen-bond donors (Lipinski definition) is 2. The number of nitrogens with zero attached hydrogens (tertiary/aromatic N) is 2. The zero-order valence-electron chi connectivity index (χ0n) is 59.1. The minimum atomic E-state index is -0.598. The molecule has 6 nitrogen and oxygen atoms in total. The molecule has 0 atom stereocenters. The number of benzene rings is 8. The quantitative estimate of drug-likeness (QED) is 0.113. The predicted octanol–water partition coefficient (Wildman–Crippen LogP) is 23.9. The Morgan fingerprint density at radius 1 is 0.370 bits per heavy atom. The van der Waals surface area contributed by atoms with Gasteiger partial charge in [-0.3, -0.25) is 0 Å². The van der Waals surface area contributed by atoms with E-state index in [9.17, 15) is 10.2 Å². The van der Waals surface area contributed by atoms with Crippen LogP contribution in [0.2, 0.25) is 5.02 Å². The third-order valence-corrected chi connectivity index (χ3v) is 18.9. The van der Waals surface area contributed by atoms with Gasteiger partial charge in [-0.15, -0.1) is 0 Å². The van der Waals surface area contributed by atoms with Gasteiger partial charge in [0.15, 0.2) is 0 Å². The molecule has 0 bridgehead atoms. The first kappa shape index (κ1) is 67.6. The Morgan fingerprint density at radius 3 is 0.989 bits per heavy atom. The molecule has 10 rings (SSSR count). The fraction of sp³-hybridized carbons (Fsp3) is 0.422. The summed E-state index contributed by atoms with van der Waals surface area (Å²) in [5.41, 5.74) is 11.7. The summed E-state index contributed by atoms with van der Waals surface area (Å²) in [6.45, 7) is 50.5. The lowest BCUT2D eigenvalue weighted by Gasteiger charge is -2.34. The lowest BCUT2D eigenvalue weighted by atomic mass is 9.71. The van der Waals surface area contributed by atoms with E-state index in [-0.39, 0.29) is 73.5 Å². The van der Waals surface area contributed by atoms with Crippen molar-refractivity contribution >= 4 is 55.2 Å². The average Bonchev–Trinajstić information content (AvgIpc) is 1.53. The normalized spacial score (nSPS) is 13.4. The van der Waals surface area contributed by atoms with Crippen LogP contribution in [0.5, 0.6) is 23.0 Å². The van der Waals surface area contributed by atoms with Gasteiger partial charge in [-0.1, -0.05) is 212 Å². The van der Waals surface area contributed by atoms with Crippen molar-refractivity contribution < 1.29 is 28.5 Å². The van der Waals surface area contributed by atoms with Crippen LogP contribution in [-0.4, -0.2) is 32.6 Å². The van der Waals surface area contributed by atoms with Crippen molar-refractivity contribution in [3.05, 3.63) is 177 Å². The first-order valence-corrected chi connectivity index (χ1v) is 33.2. The van der Waals surface area contributed by atoms with E-state index in [1.165, 1.54) is 24.3 Å². The largest absolute Gasteiger partial charge is 0.505 e. The molecular formula is C83H99ClF2N2O4. The summed E-state index contributed by atoms with van der Waals surface area (Å²) in [5.74, 6) is -0.632. The summed E-state index contributed by atoms with van der Waals surface area (Å²) in [5, 5.41) is 30.7. The molecular weight excluding hydrogens is 1160 g/mol. The maximum Gasteiger partial charge on any atom is 0.147 e. The molecule has 2 heterocycles. The molecule has 0 aliphatic carbocycles. The van der Waals surface area contributed by atoms with Gasteiger partial charge in [-0.25, -0.2) is 8.78 Å². The highest BCUT2D eigenvalue weighted by atomic mass is 35.5. The summed E-state index contributed by atoms with van der Waals surface area (Å²) < 4.78 is 50.6. The Labute approximate surface area is 552 Å². The van der Waals surface area contributed by atoms with E-state index in [0.717, 1.165) is 89.8 Å². The number of halogens is 3. The van der Waals surface area contributed by atoms with Crippen LogP contribution in [0.4, 0.5) is 8.78 Å². The van der Waals surface area contributed by atoms with Crippen molar-refractivity contribution in [2.24, 2.45) is 10.8 Å². The third-order valence-electron chi connectivity index (χ3n) is 18.6. The van der Waals surface area contributed by atoms with Crippen molar-refractivity contribution in [1.29, 1.82) is 0 Å². The number of ether oxygens (including phenoxy) is 2. The molecule has 0 aliphatic heterocycles. The van der Waals surface area contributed by atoms with Gasteiger partial charge in [-0.2, -0.15) is 0 Å². The van der Waals surface area contributed by atoms with Crippen LogP contribution in [0.15, 0.2) is 121 Å². The van der Waals surface area contributed by atoms with E-state index >= 15 is 8.78 Å². The number of aryl methyl sites for hydroxylation is 1. The Hall–Kier alpha value is -7.29. The van der Waals surface area contributed by atoms with Crippen LogP contribution >= 0.6 is 11.6 Å². The zero-order chi connectivity index (χ0) is 67.7. The average molecular weight is 1260 g/mol. The van der Waals surface area contributed by atoms with Crippen LogP contribution in [-0.2, 0) is 32.5 Å². The van der Waals surface area contributed by atoms with E-state index in [0.29, 0.717) is 39.4 Å². The summed E-state index contributed by atoms with van der Waals surface area (Å²) in [6.07, 6.45) is 1.61. The molecule has 2 N–H and O–H groups in total. The Morgan fingerprint density at radius 2 is 0.674 bits per heavy atom. The first-order chi connectivity index (χ1) is 42.3. The molecule has 0 amide bonds. The van der Waals surface area contributed by atoms with Crippen molar-refractivity contribution in [3.63, 3.8) is 0 Å². The fourth-order valence-electron chi connectivity index (χ4n) is 14.4. The second-order valence-corrected chi connectivity index (χ2v) is 34.6. The topological polar surface area (TPSA) is 68.8 Å². The van der Waals surface area contributed by atoms with Gasteiger partial charge in [0.25, 0.3) is 0 Å². The first-order valence-electron chi connectivity index (χ1n) is 32.8. The summed E-state index contributed by atoms with van der Waals surface area (Å²) in [7, 11) is 0. The summed E-state index contributed by atoms with van der Waals surface area (Å²) >= 11 is 7.15. The highest BCUT2D eigenvalue weighted by Crippen LogP contribution is 2.52. The molecule has 9 heteroatoms. The fourth-order valence-corrected chi connectivity index (χ4v) is 14.6. The Bertz CT molecular complexity index is 4100. The van der Waals surface area contributed by atoms with E-state index in [2.05, 4.69) is 246 Å². The molecule has 0 saturated heterocycles. The van der Waals surface area contributed by atoms with Crippen molar-refractivity contribution in [1.82, 2.24) is 9.13 Å². The van der Waals surface area contributed by atoms with Gasteiger partial charge < -0.3 is 28.8 Å². The lowest BCUT2D eigenvalue weighted by Crippen LogP contribution is -2.25. The number of rotatable bonds is 13. The minimum Gasteiger partial charge on any atom is -0.505 e. The molecule has 0 radical (unpaired) electrons. The third kappa shape index (κ3) is 13.3. The highest BCUT2D eigenvalue weighted by molar-refractivity contribution is 6.32. The number of aromatic hydroxyl groups is 2. The van der Waals surface area contributed by atoms with Gasteiger partial charge in [-0.05, 0) is 175 Å². The molecule has 10 aromatic rings. The Kier molecular flexibility index (Phi) is 17.1. The monoisotopic (exact) mass is 1260 g/mol. The van der Waals surface area contributed by atoms with Crippen molar-refractivity contribution in [2.75, 3.05) is 13.2 Å². The van der Waals surface area contributed by atoms with Crippen molar-refractivity contribution in [2.45, 2.75) is 205 Å². The van der Waals surface area contributed by atoms with E-state index < -0.39 is 22.5 Å². The van der Waals surface area contributed by atoms with E-state index in [1.807, 2.05) is 12.1 Å². The second kappa shape index (κ2) is 23.3. The summed E-state index contributed by atoms with van der Waals surface area (Å²) in [4.78, 5) is 0. The zero-order valence-corrected chi connectivity index (χ0v) is 59.9. The molecule has 0 unspecified atom stereocenters. The van der Waals surface area contributed by atoms with Crippen LogP contribution < -0.4 is 9.47 Å². The van der Waals surface area contributed by atoms with Crippen molar-refractivity contribution in [3.8, 4) is 56.6 Å². The molecule has 0 aliphatic rings. The van der Waals surface area contributed by atoms with Gasteiger partial charge in [0, 0.05) is 43.8 Å². The van der Waals surface area contributed by atoms with Gasteiger partial charge in [0.2, 0.25) is 0 Å². The van der Waals surface area contributed by atoms with Crippen LogP contribution in [0.25, 0.3) is 77.2 Å². The van der Waals surface area contributed by atoms with Crippen LogP contribution in [0.3, 0.4) is 0 Å². The van der Waals surface area contributed by atoms with Gasteiger partial charge >= 0.3 is 0 Å². The molecule has 0 spiro atoms. The molecule has 0 saturated carbocycles. The molecule has 0 fully saturated rings. The number of phenols is 2. The number of fused-ring (bicyclic) bond motifs is 6. The van der Waals surface area contributed by atoms with E-state index in [1.54, 1.807) is 6.92 Å². The standard InChI is InChI=1S/C83H99ClF2N2O4/c1-48-34-55(85)43-63(61-35-53(82(20,21)46-76(2,3)4)41-70(72(61)89)87-66-37-49(78(8,9)10)24-28-57(66)58-29-25-50(38-67(58)87)79(11,12)13)74(48)91-32-33-92-75-64(44-56(86)45-65(75)84)62-36-54(83(22,23)47-77(5,6)7)42-71(73(62)90)88-68-39-51(80(14,15)16)26-30-59(68)60-31-27-52(40-69(60)88)81(17,18)19/h24-31,34-45,89-90H,32-33,46-47H2,1-23H3. The second-order valence-electron chi connectivity index (χ2n) is 34.2. The minimum absolute atomic E-state index is 0.0156. The lowest BCUT2D eigenvalue weighted by molar-refractivity contribution is 0.217. The van der Waals surface area contributed by atoms with Crippen LogP contribution in [0.1, 0.15) is 204 Å². The number of aromatic nitrogens is 2. The predicted molar refractivity (Wildman–Crippen MR) is 385 cm³/mol. The molecule has 2 aromatic heterocycles. The number of hydrogen-bond acceptors (Lipinski definition) is 4. The highest BCUT2D eigenvalue weighted by Gasteiger charge is 2.35.